The maximum atomic E-state index is 12.3. The van der Waals surface area contributed by atoms with Gasteiger partial charge in [-0.2, -0.15) is 5.10 Å². The molecular formula is C15H18BrN3O. The first kappa shape index (κ1) is 13.8. The molecule has 0 spiro atoms. The van der Waals surface area contributed by atoms with Gasteiger partial charge < -0.3 is 4.85 Å². The Morgan fingerprint density at radius 3 is 2.90 bits per heavy atom. The Balaban J connectivity index is 2.14. The average Bonchev–Trinajstić information content (AvgIpc) is 2.72. The van der Waals surface area contributed by atoms with Crippen LogP contribution < -0.4 is 0 Å². The zero-order valence-corrected chi connectivity index (χ0v) is 13.6. The van der Waals surface area contributed by atoms with Gasteiger partial charge in [-0.1, -0.05) is 13.8 Å². The molecule has 0 bridgehead atoms. The van der Waals surface area contributed by atoms with Crippen molar-refractivity contribution in [2.75, 3.05) is 0 Å². The summed E-state index contributed by atoms with van der Waals surface area (Å²) in [5.41, 5.74) is 2.20. The molecule has 1 saturated carbocycles. The first-order valence-electron chi connectivity index (χ1n) is 7.02. The van der Waals surface area contributed by atoms with Gasteiger partial charge in [-0.05, 0) is 34.7 Å². The summed E-state index contributed by atoms with van der Waals surface area (Å²) in [5, 5.41) is 4.69. The van der Waals surface area contributed by atoms with Gasteiger partial charge in [-0.15, -0.1) is 0 Å². The summed E-state index contributed by atoms with van der Waals surface area (Å²) in [6.07, 6.45) is 2.58. The Morgan fingerprint density at radius 2 is 2.25 bits per heavy atom. The van der Waals surface area contributed by atoms with Crippen LogP contribution in [0, 0.1) is 18.4 Å². The van der Waals surface area contributed by atoms with Gasteiger partial charge in [0.1, 0.15) is 4.60 Å². The molecule has 5 heteroatoms. The van der Waals surface area contributed by atoms with E-state index in [1.54, 1.807) is 0 Å². The monoisotopic (exact) mass is 335 g/mol. The summed E-state index contributed by atoms with van der Waals surface area (Å²) >= 11 is 3.61. The molecule has 1 heterocycles. The zero-order valence-electron chi connectivity index (χ0n) is 12.0. The van der Waals surface area contributed by atoms with Crippen LogP contribution in [-0.4, -0.2) is 21.6 Å². The smallest absolute Gasteiger partial charge is 0.282 e. The van der Waals surface area contributed by atoms with Crippen LogP contribution in [0.25, 0.3) is 4.85 Å². The van der Waals surface area contributed by atoms with Crippen molar-refractivity contribution in [3.05, 3.63) is 27.3 Å². The number of nitrogens with zero attached hydrogens (tertiary/aromatic N) is 3. The molecule has 1 aromatic heterocycles. The SMILES string of the molecule is [C-]#[N+]C1C[C@]2(C)c3nn(C)c(Br)c3CC[C@H]2[C@H](C)C1=O. The Morgan fingerprint density at radius 1 is 1.55 bits per heavy atom. The van der Waals surface area contributed by atoms with Gasteiger partial charge in [0.15, 0.2) is 0 Å². The van der Waals surface area contributed by atoms with E-state index in [-0.39, 0.29) is 17.1 Å². The van der Waals surface area contributed by atoms with Crippen molar-refractivity contribution in [1.82, 2.24) is 9.78 Å². The highest BCUT2D eigenvalue weighted by molar-refractivity contribution is 9.10. The molecule has 4 nitrogen and oxygen atoms in total. The predicted octanol–water partition coefficient (Wildman–Crippen LogP) is 2.90. The van der Waals surface area contributed by atoms with E-state index in [4.69, 9.17) is 11.7 Å². The first-order chi connectivity index (χ1) is 9.40. The third kappa shape index (κ3) is 1.64. The Hall–Kier alpha value is -1.15. The number of hydrogen-bond donors (Lipinski definition) is 0. The molecule has 3 rings (SSSR count). The molecule has 1 unspecified atom stereocenters. The van der Waals surface area contributed by atoms with E-state index in [2.05, 4.69) is 27.7 Å². The van der Waals surface area contributed by atoms with Gasteiger partial charge in [-0.3, -0.25) is 9.48 Å². The normalized spacial score (nSPS) is 36.1. The molecule has 20 heavy (non-hydrogen) atoms. The van der Waals surface area contributed by atoms with Crippen LogP contribution in [0.1, 0.15) is 37.9 Å². The lowest BCUT2D eigenvalue weighted by atomic mass is 9.55. The molecule has 1 aromatic rings. The molecule has 0 saturated heterocycles. The average molecular weight is 336 g/mol. The lowest BCUT2D eigenvalue weighted by Crippen LogP contribution is -2.51. The van der Waals surface area contributed by atoms with Crippen molar-refractivity contribution in [2.45, 2.75) is 44.6 Å². The molecule has 0 amide bonds. The fourth-order valence-corrected chi connectivity index (χ4v) is 4.65. The quantitative estimate of drug-likeness (QED) is 0.684. The van der Waals surface area contributed by atoms with Crippen LogP contribution in [0.5, 0.6) is 0 Å². The van der Waals surface area contributed by atoms with Crippen LogP contribution in [0.2, 0.25) is 0 Å². The number of ketones is 1. The van der Waals surface area contributed by atoms with Gasteiger partial charge in [0.2, 0.25) is 5.78 Å². The molecule has 0 N–H and O–H groups in total. The molecule has 0 radical (unpaired) electrons. The van der Waals surface area contributed by atoms with Gasteiger partial charge in [0, 0.05) is 30.4 Å². The molecule has 0 aromatic carbocycles. The van der Waals surface area contributed by atoms with Crippen LogP contribution in [0.3, 0.4) is 0 Å². The standard InChI is InChI=1S/C15H18BrN3O/c1-8-10-6-5-9-13(18-19(4)14(9)16)15(10,2)7-11(17-3)12(8)20/h8,10-11H,5-7H2,1-2,4H3/t8-,10-,11?,15-/m0/s1. The van der Waals surface area contributed by atoms with Gasteiger partial charge in [-0.25, -0.2) is 6.57 Å². The molecule has 106 valence electrons. The van der Waals surface area contributed by atoms with Crippen molar-refractivity contribution in [2.24, 2.45) is 18.9 Å². The van der Waals surface area contributed by atoms with Crippen LogP contribution in [-0.2, 0) is 23.7 Å². The summed E-state index contributed by atoms with van der Waals surface area (Å²) in [6, 6.07) is -0.502. The maximum absolute atomic E-state index is 12.3. The maximum Gasteiger partial charge on any atom is 0.282 e. The van der Waals surface area contributed by atoms with Crippen molar-refractivity contribution in [1.29, 1.82) is 0 Å². The molecule has 4 atom stereocenters. The second-order valence-electron chi connectivity index (χ2n) is 6.34. The summed E-state index contributed by atoms with van der Waals surface area (Å²) in [4.78, 5) is 15.9. The number of halogens is 1. The highest BCUT2D eigenvalue weighted by atomic mass is 79.9. The minimum Gasteiger partial charge on any atom is -0.305 e. The fourth-order valence-electron chi connectivity index (χ4n) is 4.18. The van der Waals surface area contributed by atoms with E-state index in [1.165, 1.54) is 5.56 Å². The molecule has 2 aliphatic rings. The Bertz CT molecular complexity index is 630. The second kappa shape index (κ2) is 4.42. The van der Waals surface area contributed by atoms with E-state index in [0.29, 0.717) is 12.3 Å². The van der Waals surface area contributed by atoms with Crippen molar-refractivity contribution >= 4 is 21.7 Å². The second-order valence-corrected chi connectivity index (χ2v) is 7.10. The van der Waals surface area contributed by atoms with Crippen LogP contribution >= 0.6 is 15.9 Å². The molecule has 2 aliphatic carbocycles. The third-order valence-electron chi connectivity index (χ3n) is 5.29. The summed E-state index contributed by atoms with van der Waals surface area (Å²) in [5.74, 6) is 0.394. The van der Waals surface area contributed by atoms with Gasteiger partial charge in [0.05, 0.1) is 5.69 Å². The summed E-state index contributed by atoms with van der Waals surface area (Å²) in [7, 11) is 1.94. The van der Waals surface area contributed by atoms with Gasteiger partial charge >= 0.3 is 0 Å². The van der Waals surface area contributed by atoms with Crippen molar-refractivity contribution in [3.63, 3.8) is 0 Å². The lowest BCUT2D eigenvalue weighted by Gasteiger charge is -2.46. The minimum absolute atomic E-state index is 0.0400. The fraction of sp³-hybridized carbons (Fsp3) is 0.667. The number of hydrogen-bond acceptors (Lipinski definition) is 2. The molecular weight excluding hydrogens is 318 g/mol. The number of carbonyl (C=O) groups is 1. The zero-order chi connectivity index (χ0) is 14.7. The van der Waals surface area contributed by atoms with E-state index in [9.17, 15) is 4.79 Å². The number of fused-ring (bicyclic) bond motifs is 3. The predicted molar refractivity (Wildman–Crippen MR) is 79.2 cm³/mol. The Kier molecular flexibility index (Phi) is 3.06. The first-order valence-corrected chi connectivity index (χ1v) is 7.81. The van der Waals surface area contributed by atoms with E-state index in [0.717, 1.165) is 23.1 Å². The molecule has 0 aliphatic heterocycles. The largest absolute Gasteiger partial charge is 0.305 e. The third-order valence-corrected chi connectivity index (χ3v) is 6.28. The van der Waals surface area contributed by atoms with E-state index >= 15 is 0 Å². The summed E-state index contributed by atoms with van der Waals surface area (Å²) < 4.78 is 2.91. The summed E-state index contributed by atoms with van der Waals surface area (Å²) in [6.45, 7) is 11.5. The van der Waals surface area contributed by atoms with E-state index in [1.807, 2.05) is 18.7 Å². The van der Waals surface area contributed by atoms with Crippen molar-refractivity contribution < 1.29 is 4.79 Å². The number of aromatic nitrogens is 2. The highest BCUT2D eigenvalue weighted by Gasteiger charge is 2.55. The van der Waals surface area contributed by atoms with E-state index < -0.39 is 6.04 Å². The number of rotatable bonds is 0. The molecule has 1 fully saturated rings. The van der Waals surface area contributed by atoms with Crippen LogP contribution in [0.4, 0.5) is 0 Å². The highest BCUT2D eigenvalue weighted by Crippen LogP contribution is 2.52. The Labute approximate surface area is 127 Å². The lowest BCUT2D eigenvalue weighted by molar-refractivity contribution is -0.129. The number of carbonyl (C=O) groups excluding carboxylic acids is 1. The minimum atomic E-state index is -0.502. The number of Topliss-reactive ketones (excluding diaryl/α,β-unsaturated/α-hetero) is 1. The topological polar surface area (TPSA) is 39.2 Å². The number of aryl methyl sites for hydroxylation is 1. The van der Waals surface area contributed by atoms with Crippen molar-refractivity contribution in [3.8, 4) is 0 Å². The van der Waals surface area contributed by atoms with Crippen LogP contribution in [0.15, 0.2) is 4.60 Å². The van der Waals surface area contributed by atoms with Gasteiger partial charge in [0.25, 0.3) is 6.04 Å².